The van der Waals surface area contributed by atoms with E-state index in [4.69, 9.17) is 11.5 Å². The second kappa shape index (κ2) is 4.98. The molecule has 0 radical (unpaired) electrons. The highest BCUT2D eigenvalue weighted by Gasteiger charge is 2.14. The quantitative estimate of drug-likeness (QED) is 0.820. The van der Waals surface area contributed by atoms with Crippen LogP contribution in [0.25, 0.3) is 0 Å². The van der Waals surface area contributed by atoms with Crippen LogP contribution >= 0.6 is 0 Å². The third-order valence-corrected chi connectivity index (χ3v) is 2.97. The molecule has 2 unspecified atom stereocenters. The molecule has 0 aromatic heterocycles. The average molecular weight is 220 g/mol. The van der Waals surface area contributed by atoms with E-state index in [1.165, 1.54) is 11.1 Å². The van der Waals surface area contributed by atoms with Crippen molar-refractivity contribution in [2.24, 2.45) is 11.5 Å². The number of hydrogen-bond acceptors (Lipinski definition) is 2. The molecule has 2 atom stereocenters. The second-order valence-electron chi connectivity index (χ2n) is 5.67. The fourth-order valence-corrected chi connectivity index (χ4v) is 1.60. The molecule has 0 aliphatic rings. The lowest BCUT2D eigenvalue weighted by molar-refractivity contribution is 0.556. The van der Waals surface area contributed by atoms with Gasteiger partial charge in [-0.05, 0) is 29.9 Å². The zero-order valence-corrected chi connectivity index (χ0v) is 10.8. The molecule has 0 spiro atoms. The third kappa shape index (κ3) is 3.62. The molecule has 1 aromatic rings. The monoisotopic (exact) mass is 220 g/mol. The van der Waals surface area contributed by atoms with E-state index in [2.05, 4.69) is 45.0 Å². The Kier molecular flexibility index (Phi) is 4.11. The summed E-state index contributed by atoms with van der Waals surface area (Å²) in [5.74, 6) is 0. The Hall–Kier alpha value is -0.860. The smallest absolute Gasteiger partial charge is 0.0230 e. The summed E-state index contributed by atoms with van der Waals surface area (Å²) in [7, 11) is 0. The highest BCUT2D eigenvalue weighted by atomic mass is 14.8. The van der Waals surface area contributed by atoms with Crippen molar-refractivity contribution in [2.45, 2.75) is 51.6 Å². The molecule has 16 heavy (non-hydrogen) atoms. The lowest BCUT2D eigenvalue weighted by atomic mass is 9.86. The Morgan fingerprint density at radius 2 is 1.56 bits per heavy atom. The highest BCUT2D eigenvalue weighted by molar-refractivity contribution is 5.28. The molecule has 0 aliphatic heterocycles. The molecule has 0 bridgehead atoms. The molecule has 0 saturated carbocycles. The van der Waals surface area contributed by atoms with Gasteiger partial charge in [-0.2, -0.15) is 0 Å². The number of rotatable bonds is 3. The molecule has 0 fully saturated rings. The lowest BCUT2D eigenvalue weighted by Gasteiger charge is -2.20. The van der Waals surface area contributed by atoms with Crippen LogP contribution in [-0.2, 0) is 11.8 Å². The largest absolute Gasteiger partial charge is 0.327 e. The Morgan fingerprint density at radius 1 is 1.06 bits per heavy atom. The standard InChI is InChI=1S/C14H24N2/c1-10(15)13(16)9-11-5-7-12(8-6-11)14(2,3)4/h5-8,10,13H,9,15-16H2,1-4H3. The summed E-state index contributed by atoms with van der Waals surface area (Å²) in [6.07, 6.45) is 0.849. The van der Waals surface area contributed by atoms with Crippen molar-refractivity contribution in [3.05, 3.63) is 35.4 Å². The second-order valence-corrected chi connectivity index (χ2v) is 5.67. The van der Waals surface area contributed by atoms with E-state index < -0.39 is 0 Å². The molecule has 2 nitrogen and oxygen atoms in total. The third-order valence-electron chi connectivity index (χ3n) is 2.97. The van der Waals surface area contributed by atoms with Crippen molar-refractivity contribution in [3.8, 4) is 0 Å². The summed E-state index contributed by atoms with van der Waals surface area (Å²) >= 11 is 0. The van der Waals surface area contributed by atoms with Crippen LogP contribution in [0.5, 0.6) is 0 Å². The Morgan fingerprint density at radius 3 is 1.94 bits per heavy atom. The maximum atomic E-state index is 5.95. The topological polar surface area (TPSA) is 52.0 Å². The summed E-state index contributed by atoms with van der Waals surface area (Å²) in [5.41, 5.74) is 14.5. The van der Waals surface area contributed by atoms with Gasteiger partial charge in [0.2, 0.25) is 0 Å². The summed E-state index contributed by atoms with van der Waals surface area (Å²) in [4.78, 5) is 0. The molecule has 0 heterocycles. The van der Waals surface area contributed by atoms with Crippen LogP contribution in [0.15, 0.2) is 24.3 Å². The first-order chi connectivity index (χ1) is 7.30. The van der Waals surface area contributed by atoms with Gasteiger partial charge in [-0.25, -0.2) is 0 Å². The minimum absolute atomic E-state index is 0.0421. The van der Waals surface area contributed by atoms with Crippen LogP contribution in [0, 0.1) is 0 Å². The van der Waals surface area contributed by atoms with E-state index in [0.29, 0.717) is 0 Å². The number of hydrogen-bond donors (Lipinski definition) is 2. The Bertz CT molecular complexity index is 320. The van der Waals surface area contributed by atoms with Gasteiger partial charge in [-0.1, -0.05) is 45.0 Å². The van der Waals surface area contributed by atoms with Crippen LogP contribution in [0.2, 0.25) is 0 Å². The van der Waals surface area contributed by atoms with Gasteiger partial charge < -0.3 is 11.5 Å². The zero-order valence-electron chi connectivity index (χ0n) is 10.8. The minimum Gasteiger partial charge on any atom is -0.327 e. The van der Waals surface area contributed by atoms with E-state index >= 15 is 0 Å². The van der Waals surface area contributed by atoms with E-state index in [9.17, 15) is 0 Å². The zero-order chi connectivity index (χ0) is 12.3. The van der Waals surface area contributed by atoms with Gasteiger partial charge in [-0.3, -0.25) is 0 Å². The van der Waals surface area contributed by atoms with Crippen molar-refractivity contribution >= 4 is 0 Å². The van der Waals surface area contributed by atoms with E-state index in [-0.39, 0.29) is 17.5 Å². The highest BCUT2D eigenvalue weighted by Crippen LogP contribution is 2.22. The summed E-state index contributed by atoms with van der Waals surface area (Å²) < 4.78 is 0. The molecular formula is C14H24N2. The van der Waals surface area contributed by atoms with Gasteiger partial charge in [0.05, 0.1) is 0 Å². The predicted octanol–water partition coefficient (Wildman–Crippen LogP) is 2.20. The van der Waals surface area contributed by atoms with Gasteiger partial charge in [0.15, 0.2) is 0 Å². The maximum absolute atomic E-state index is 5.95. The first-order valence-electron chi connectivity index (χ1n) is 5.91. The van der Waals surface area contributed by atoms with Crippen molar-refractivity contribution in [3.63, 3.8) is 0 Å². The maximum Gasteiger partial charge on any atom is 0.0230 e. The van der Waals surface area contributed by atoms with Crippen LogP contribution in [0.1, 0.15) is 38.8 Å². The molecule has 90 valence electrons. The minimum atomic E-state index is 0.0421. The predicted molar refractivity (Wildman–Crippen MR) is 70.5 cm³/mol. The van der Waals surface area contributed by atoms with Crippen LogP contribution in [0.4, 0.5) is 0 Å². The van der Waals surface area contributed by atoms with Gasteiger partial charge in [0.1, 0.15) is 0 Å². The molecule has 2 heteroatoms. The number of benzene rings is 1. The van der Waals surface area contributed by atoms with Crippen LogP contribution < -0.4 is 11.5 Å². The van der Waals surface area contributed by atoms with Gasteiger partial charge in [0.25, 0.3) is 0 Å². The Balaban J connectivity index is 2.72. The fraction of sp³-hybridized carbons (Fsp3) is 0.571. The van der Waals surface area contributed by atoms with Crippen LogP contribution in [0.3, 0.4) is 0 Å². The summed E-state index contributed by atoms with van der Waals surface area (Å²) in [6.45, 7) is 8.61. The van der Waals surface area contributed by atoms with Gasteiger partial charge >= 0.3 is 0 Å². The van der Waals surface area contributed by atoms with Crippen molar-refractivity contribution in [1.82, 2.24) is 0 Å². The Labute approximate surface area is 99.0 Å². The SMILES string of the molecule is CC(N)C(N)Cc1ccc(C(C)(C)C)cc1. The molecule has 0 amide bonds. The van der Waals surface area contributed by atoms with Crippen molar-refractivity contribution < 1.29 is 0 Å². The fourth-order valence-electron chi connectivity index (χ4n) is 1.60. The van der Waals surface area contributed by atoms with Crippen molar-refractivity contribution in [2.75, 3.05) is 0 Å². The van der Waals surface area contributed by atoms with E-state index in [1.807, 2.05) is 6.92 Å². The molecule has 1 aromatic carbocycles. The molecule has 0 saturated heterocycles. The molecule has 0 aliphatic carbocycles. The number of nitrogens with two attached hydrogens (primary N) is 2. The molecular weight excluding hydrogens is 196 g/mol. The molecule has 1 rings (SSSR count). The first-order valence-corrected chi connectivity index (χ1v) is 5.91. The van der Waals surface area contributed by atoms with Crippen molar-refractivity contribution in [1.29, 1.82) is 0 Å². The normalized spacial score (nSPS) is 15.9. The molecule has 4 N–H and O–H groups in total. The van der Waals surface area contributed by atoms with E-state index in [0.717, 1.165) is 6.42 Å². The average Bonchev–Trinajstić information content (AvgIpc) is 2.17. The van der Waals surface area contributed by atoms with E-state index in [1.54, 1.807) is 0 Å². The van der Waals surface area contributed by atoms with Crippen LogP contribution in [-0.4, -0.2) is 12.1 Å². The van der Waals surface area contributed by atoms with Gasteiger partial charge in [-0.15, -0.1) is 0 Å². The summed E-state index contributed by atoms with van der Waals surface area (Å²) in [6, 6.07) is 8.76. The lowest BCUT2D eigenvalue weighted by Crippen LogP contribution is -2.40. The summed E-state index contributed by atoms with van der Waals surface area (Å²) in [5, 5.41) is 0. The first kappa shape index (κ1) is 13.2. The van der Waals surface area contributed by atoms with Gasteiger partial charge in [0, 0.05) is 12.1 Å².